The highest BCUT2D eigenvalue weighted by molar-refractivity contribution is 5.76. The Bertz CT molecular complexity index is 735. The first kappa shape index (κ1) is 10.8. The third kappa shape index (κ3) is 1.40. The number of hydrogen-bond donors (Lipinski definition) is 1. The Morgan fingerprint density at radius 2 is 2.06 bits per heavy atom. The Balaban J connectivity index is 2.30. The molecule has 0 aromatic carbocycles. The van der Waals surface area contributed by atoms with Crippen LogP contribution in [0.25, 0.3) is 16.9 Å². The molecule has 0 saturated heterocycles. The second-order valence-electron chi connectivity index (χ2n) is 4.55. The summed E-state index contributed by atoms with van der Waals surface area (Å²) in [6.07, 6.45) is 3.75. The normalized spacial score (nSPS) is 11.3. The van der Waals surface area contributed by atoms with E-state index in [1.807, 2.05) is 48.3 Å². The monoisotopic (exact) mass is 241 g/mol. The van der Waals surface area contributed by atoms with Crippen molar-refractivity contribution in [3.8, 4) is 11.3 Å². The molecule has 2 N–H and O–H groups in total. The van der Waals surface area contributed by atoms with Gasteiger partial charge in [-0.1, -0.05) is 0 Å². The fourth-order valence-electron chi connectivity index (χ4n) is 2.09. The van der Waals surface area contributed by atoms with Crippen LogP contribution in [0.2, 0.25) is 0 Å². The van der Waals surface area contributed by atoms with E-state index in [4.69, 9.17) is 5.73 Å². The summed E-state index contributed by atoms with van der Waals surface area (Å²) < 4.78 is 3.72. The summed E-state index contributed by atoms with van der Waals surface area (Å²) in [4.78, 5) is 4.60. The van der Waals surface area contributed by atoms with Gasteiger partial charge < -0.3 is 5.73 Å². The molecule has 0 bridgehead atoms. The lowest BCUT2D eigenvalue weighted by Crippen LogP contribution is -1.95. The van der Waals surface area contributed by atoms with Gasteiger partial charge in [0.15, 0.2) is 0 Å². The molecule has 0 radical (unpaired) electrons. The van der Waals surface area contributed by atoms with Gasteiger partial charge in [-0.3, -0.25) is 9.08 Å². The van der Waals surface area contributed by atoms with Crippen molar-refractivity contribution < 1.29 is 0 Å². The van der Waals surface area contributed by atoms with Crippen LogP contribution in [0.3, 0.4) is 0 Å². The molecule has 0 amide bonds. The molecule has 3 aromatic rings. The maximum absolute atomic E-state index is 6.16. The van der Waals surface area contributed by atoms with Crippen molar-refractivity contribution in [3.05, 3.63) is 35.8 Å². The number of aromatic nitrogens is 4. The van der Waals surface area contributed by atoms with Crippen molar-refractivity contribution in [2.24, 2.45) is 7.05 Å². The molecule has 0 aliphatic rings. The zero-order valence-corrected chi connectivity index (χ0v) is 10.7. The quantitative estimate of drug-likeness (QED) is 0.708. The Kier molecular flexibility index (Phi) is 2.16. The van der Waals surface area contributed by atoms with Crippen LogP contribution in [0.15, 0.2) is 24.5 Å². The Morgan fingerprint density at radius 1 is 1.28 bits per heavy atom. The summed E-state index contributed by atoms with van der Waals surface area (Å²) in [6, 6.07) is 4.04. The van der Waals surface area contributed by atoms with Gasteiger partial charge in [0.2, 0.25) is 0 Å². The minimum absolute atomic E-state index is 0.654. The van der Waals surface area contributed by atoms with Gasteiger partial charge in [0.1, 0.15) is 17.2 Å². The van der Waals surface area contributed by atoms with Gasteiger partial charge in [-0.25, -0.2) is 4.98 Å². The second kappa shape index (κ2) is 3.60. The van der Waals surface area contributed by atoms with Crippen molar-refractivity contribution in [2.45, 2.75) is 13.8 Å². The van der Waals surface area contributed by atoms with E-state index in [1.54, 1.807) is 6.20 Å². The van der Waals surface area contributed by atoms with Crippen LogP contribution in [-0.4, -0.2) is 19.2 Å². The van der Waals surface area contributed by atoms with E-state index >= 15 is 0 Å². The lowest BCUT2D eigenvalue weighted by Gasteiger charge is -1.99. The van der Waals surface area contributed by atoms with E-state index < -0.39 is 0 Å². The standard InChI is InChI=1S/C13H15N5/c1-8-4-5-18-11(6-8)16-12(13(18)14)10-7-15-17(3)9(10)2/h4-7H,14H2,1-3H3. The molecule has 0 fully saturated rings. The number of nitrogen functional groups attached to an aromatic ring is 1. The fourth-order valence-corrected chi connectivity index (χ4v) is 2.09. The molecular weight excluding hydrogens is 226 g/mol. The highest BCUT2D eigenvalue weighted by Gasteiger charge is 2.15. The van der Waals surface area contributed by atoms with E-state index in [2.05, 4.69) is 10.1 Å². The Hall–Kier alpha value is -2.30. The predicted octanol–water partition coefficient (Wildman–Crippen LogP) is 1.93. The van der Waals surface area contributed by atoms with Crippen molar-refractivity contribution in [1.29, 1.82) is 0 Å². The van der Waals surface area contributed by atoms with Gasteiger partial charge in [-0.15, -0.1) is 0 Å². The highest BCUT2D eigenvalue weighted by atomic mass is 15.3. The number of pyridine rings is 1. The summed E-state index contributed by atoms with van der Waals surface area (Å²) >= 11 is 0. The van der Waals surface area contributed by atoms with E-state index in [0.29, 0.717) is 5.82 Å². The third-order valence-corrected chi connectivity index (χ3v) is 3.31. The molecule has 92 valence electrons. The van der Waals surface area contributed by atoms with Crippen LogP contribution in [-0.2, 0) is 7.05 Å². The summed E-state index contributed by atoms with van der Waals surface area (Å²) in [5, 5.41) is 4.23. The number of fused-ring (bicyclic) bond motifs is 1. The SMILES string of the molecule is Cc1ccn2c(N)c(-c3cnn(C)c3C)nc2c1. The molecule has 0 spiro atoms. The van der Waals surface area contributed by atoms with Crippen LogP contribution >= 0.6 is 0 Å². The topological polar surface area (TPSA) is 61.1 Å². The van der Waals surface area contributed by atoms with Gasteiger partial charge in [-0.2, -0.15) is 5.10 Å². The maximum Gasteiger partial charge on any atom is 0.139 e. The number of hydrogen-bond acceptors (Lipinski definition) is 3. The van der Waals surface area contributed by atoms with Crippen molar-refractivity contribution in [2.75, 3.05) is 5.73 Å². The number of imidazole rings is 1. The van der Waals surface area contributed by atoms with E-state index in [-0.39, 0.29) is 0 Å². The first-order valence-electron chi connectivity index (χ1n) is 5.81. The molecule has 5 nitrogen and oxygen atoms in total. The number of anilines is 1. The summed E-state index contributed by atoms with van der Waals surface area (Å²) in [7, 11) is 1.91. The lowest BCUT2D eigenvalue weighted by atomic mass is 10.2. The number of nitrogens with zero attached hydrogens (tertiary/aromatic N) is 4. The lowest BCUT2D eigenvalue weighted by molar-refractivity contribution is 0.740. The van der Waals surface area contributed by atoms with Crippen LogP contribution in [0.5, 0.6) is 0 Å². The predicted molar refractivity (Wildman–Crippen MR) is 71.3 cm³/mol. The molecule has 0 atom stereocenters. The Morgan fingerprint density at radius 3 is 2.72 bits per heavy atom. The van der Waals surface area contributed by atoms with Gasteiger partial charge in [0.05, 0.1) is 6.20 Å². The van der Waals surface area contributed by atoms with Crippen molar-refractivity contribution in [3.63, 3.8) is 0 Å². The minimum atomic E-state index is 0.654. The van der Waals surface area contributed by atoms with Crippen LogP contribution in [0, 0.1) is 13.8 Å². The van der Waals surface area contributed by atoms with Crippen LogP contribution in [0.1, 0.15) is 11.3 Å². The fraction of sp³-hybridized carbons (Fsp3) is 0.231. The molecule has 18 heavy (non-hydrogen) atoms. The zero-order chi connectivity index (χ0) is 12.9. The van der Waals surface area contributed by atoms with Crippen molar-refractivity contribution >= 4 is 11.5 Å². The number of nitrogens with two attached hydrogens (primary N) is 1. The van der Waals surface area contributed by atoms with E-state index in [1.165, 1.54) is 5.56 Å². The first-order chi connectivity index (χ1) is 8.58. The molecular formula is C13H15N5. The summed E-state index contributed by atoms with van der Waals surface area (Å²) in [5.74, 6) is 0.654. The first-order valence-corrected chi connectivity index (χ1v) is 5.81. The van der Waals surface area contributed by atoms with E-state index in [0.717, 1.165) is 22.6 Å². The molecule has 3 rings (SSSR count). The molecule has 0 saturated carbocycles. The van der Waals surface area contributed by atoms with Gasteiger partial charge >= 0.3 is 0 Å². The summed E-state index contributed by atoms with van der Waals surface area (Å²) in [6.45, 7) is 4.05. The molecule has 0 unspecified atom stereocenters. The van der Waals surface area contributed by atoms with Crippen LogP contribution < -0.4 is 5.73 Å². The van der Waals surface area contributed by atoms with Gasteiger partial charge in [0, 0.05) is 24.5 Å². The molecule has 0 aliphatic heterocycles. The second-order valence-corrected chi connectivity index (χ2v) is 4.55. The molecule has 5 heteroatoms. The average Bonchev–Trinajstić information content (AvgIpc) is 2.82. The minimum Gasteiger partial charge on any atom is -0.383 e. The third-order valence-electron chi connectivity index (χ3n) is 3.31. The molecule has 3 heterocycles. The number of aryl methyl sites for hydroxylation is 2. The van der Waals surface area contributed by atoms with Gasteiger partial charge in [-0.05, 0) is 31.5 Å². The average molecular weight is 241 g/mol. The largest absolute Gasteiger partial charge is 0.383 e. The van der Waals surface area contributed by atoms with Crippen LogP contribution in [0.4, 0.5) is 5.82 Å². The summed E-state index contributed by atoms with van der Waals surface area (Å²) in [5.41, 5.74) is 11.0. The van der Waals surface area contributed by atoms with Gasteiger partial charge in [0.25, 0.3) is 0 Å². The highest BCUT2D eigenvalue weighted by Crippen LogP contribution is 2.28. The smallest absolute Gasteiger partial charge is 0.139 e. The van der Waals surface area contributed by atoms with E-state index in [9.17, 15) is 0 Å². The van der Waals surface area contributed by atoms with Crippen molar-refractivity contribution in [1.82, 2.24) is 19.2 Å². The Labute approximate surface area is 105 Å². The molecule has 3 aromatic heterocycles. The number of rotatable bonds is 1. The zero-order valence-electron chi connectivity index (χ0n) is 10.7. The maximum atomic E-state index is 6.16. The molecule has 0 aliphatic carbocycles.